The van der Waals surface area contributed by atoms with Crippen LogP contribution in [0.5, 0.6) is 0 Å². The molecule has 0 atom stereocenters. The van der Waals surface area contributed by atoms with Crippen molar-refractivity contribution in [1.29, 1.82) is 0 Å². The Kier molecular flexibility index (Phi) is 3.10. The summed E-state index contributed by atoms with van der Waals surface area (Å²) in [5.41, 5.74) is 0. The molecule has 4 heteroatoms. The van der Waals surface area contributed by atoms with E-state index in [1.807, 2.05) is 13.0 Å². The van der Waals surface area contributed by atoms with Crippen LogP contribution in [0.25, 0.3) is 0 Å². The molecular weight excluding hydrogens is 230 g/mol. The lowest BCUT2D eigenvalue weighted by molar-refractivity contribution is -0.0423. The third-order valence-electron chi connectivity index (χ3n) is 3.07. The van der Waals surface area contributed by atoms with E-state index in [4.69, 9.17) is 0 Å². The van der Waals surface area contributed by atoms with Gasteiger partial charge in [0.1, 0.15) is 0 Å². The minimum atomic E-state index is -2.55. The third-order valence-corrected chi connectivity index (χ3v) is 4.09. The highest BCUT2D eigenvalue weighted by Gasteiger charge is 2.37. The Hall–Kier alpha value is -0.770. The van der Waals surface area contributed by atoms with Crippen molar-refractivity contribution in [1.82, 2.24) is 0 Å². The van der Waals surface area contributed by atoms with Crippen LogP contribution in [0.3, 0.4) is 0 Å². The second kappa shape index (κ2) is 4.24. The number of hydrogen-bond acceptors (Lipinski definition) is 2. The number of alkyl halides is 2. The fraction of sp³-hybridized carbons (Fsp3) is 0.583. The number of hydrogen-bond donors (Lipinski definition) is 0. The number of Topliss-reactive ketones (excluding diaryl/α,β-unsaturated/α-hetero) is 1. The Balaban J connectivity index is 2.02. The molecule has 1 nitrogen and oxygen atoms in total. The Bertz CT molecular complexity index is 387. The van der Waals surface area contributed by atoms with Gasteiger partial charge in [-0.25, -0.2) is 8.78 Å². The summed E-state index contributed by atoms with van der Waals surface area (Å²) < 4.78 is 25.9. The van der Waals surface area contributed by atoms with Crippen LogP contribution in [0.2, 0.25) is 0 Å². The summed E-state index contributed by atoms with van der Waals surface area (Å²) in [5.74, 6) is -2.70. The van der Waals surface area contributed by atoms with Crippen molar-refractivity contribution in [3.8, 4) is 0 Å². The predicted octanol–water partition coefficient (Wildman–Crippen LogP) is 4.06. The van der Waals surface area contributed by atoms with Gasteiger partial charge in [-0.2, -0.15) is 0 Å². The van der Waals surface area contributed by atoms with Gasteiger partial charge >= 0.3 is 0 Å². The van der Waals surface area contributed by atoms with Gasteiger partial charge in [0.05, 0.1) is 4.88 Å². The number of carbonyl (C=O) groups excluding carboxylic acids is 1. The fourth-order valence-corrected chi connectivity index (χ4v) is 2.96. The molecule has 0 N–H and O–H groups in total. The summed E-state index contributed by atoms with van der Waals surface area (Å²) in [4.78, 5) is 13.8. The molecule has 1 aromatic heterocycles. The number of ketones is 1. The average Bonchev–Trinajstić information content (AvgIpc) is 2.64. The van der Waals surface area contributed by atoms with Crippen LogP contribution in [-0.4, -0.2) is 11.7 Å². The van der Waals surface area contributed by atoms with E-state index in [9.17, 15) is 13.6 Å². The molecule has 0 saturated heterocycles. The molecule has 88 valence electrons. The van der Waals surface area contributed by atoms with Crippen molar-refractivity contribution < 1.29 is 13.6 Å². The van der Waals surface area contributed by atoms with E-state index in [-0.39, 0.29) is 24.5 Å². The second-order valence-electron chi connectivity index (χ2n) is 4.40. The lowest BCUT2D eigenvalue weighted by atomic mass is 9.84. The maximum Gasteiger partial charge on any atom is 0.248 e. The van der Waals surface area contributed by atoms with Crippen molar-refractivity contribution in [2.24, 2.45) is 5.92 Å². The van der Waals surface area contributed by atoms with Crippen LogP contribution < -0.4 is 0 Å². The number of aryl methyl sites for hydroxylation is 1. The number of halogens is 2. The van der Waals surface area contributed by atoms with Gasteiger partial charge in [0.2, 0.25) is 5.92 Å². The summed E-state index contributed by atoms with van der Waals surface area (Å²) in [6.07, 6.45) is 0.354. The Morgan fingerprint density at radius 1 is 1.38 bits per heavy atom. The van der Waals surface area contributed by atoms with E-state index in [2.05, 4.69) is 0 Å². The van der Waals surface area contributed by atoms with Gasteiger partial charge in [0, 0.05) is 23.6 Å². The van der Waals surface area contributed by atoms with Crippen LogP contribution in [0.1, 0.15) is 40.2 Å². The predicted molar refractivity (Wildman–Crippen MR) is 60.3 cm³/mol. The maximum absolute atomic E-state index is 12.9. The third kappa shape index (κ3) is 2.48. The molecule has 0 unspecified atom stereocenters. The SMILES string of the molecule is Cc1ccc(C(=O)C2CCC(F)(F)CC2)s1. The summed E-state index contributed by atoms with van der Waals surface area (Å²) in [5, 5.41) is 0. The Labute approximate surface area is 97.5 Å². The van der Waals surface area contributed by atoms with Gasteiger partial charge in [0.15, 0.2) is 5.78 Å². The van der Waals surface area contributed by atoms with Gasteiger partial charge in [0.25, 0.3) is 0 Å². The minimum absolute atomic E-state index is 0.0496. The van der Waals surface area contributed by atoms with Crippen molar-refractivity contribution >= 4 is 17.1 Å². The molecule has 1 heterocycles. The zero-order valence-corrected chi connectivity index (χ0v) is 9.95. The lowest BCUT2D eigenvalue weighted by Gasteiger charge is -2.26. The van der Waals surface area contributed by atoms with Crippen LogP contribution in [0.4, 0.5) is 8.78 Å². The molecule has 0 amide bonds. The van der Waals surface area contributed by atoms with E-state index in [1.165, 1.54) is 11.3 Å². The van der Waals surface area contributed by atoms with Crippen LogP contribution in [0, 0.1) is 12.8 Å². The fourth-order valence-electron chi connectivity index (χ4n) is 2.07. The smallest absolute Gasteiger partial charge is 0.248 e. The standard InChI is InChI=1S/C12H14F2OS/c1-8-2-3-10(16-8)11(15)9-4-6-12(13,14)7-5-9/h2-3,9H,4-7H2,1H3. The molecule has 0 bridgehead atoms. The molecule has 16 heavy (non-hydrogen) atoms. The van der Waals surface area contributed by atoms with E-state index < -0.39 is 5.92 Å². The quantitative estimate of drug-likeness (QED) is 0.717. The molecule has 1 saturated carbocycles. The van der Waals surface area contributed by atoms with E-state index in [1.54, 1.807) is 6.07 Å². The lowest BCUT2D eigenvalue weighted by Crippen LogP contribution is -2.28. The Morgan fingerprint density at radius 2 is 2.00 bits per heavy atom. The van der Waals surface area contributed by atoms with Crippen molar-refractivity contribution in [2.75, 3.05) is 0 Å². The number of carbonyl (C=O) groups is 1. The highest BCUT2D eigenvalue weighted by Crippen LogP contribution is 2.38. The van der Waals surface area contributed by atoms with E-state index >= 15 is 0 Å². The Morgan fingerprint density at radius 3 is 2.50 bits per heavy atom. The molecule has 1 aliphatic carbocycles. The van der Waals surface area contributed by atoms with Crippen molar-refractivity contribution in [3.63, 3.8) is 0 Å². The molecule has 0 aromatic carbocycles. The van der Waals surface area contributed by atoms with Gasteiger partial charge in [-0.3, -0.25) is 4.79 Å². The van der Waals surface area contributed by atoms with Crippen LogP contribution in [0.15, 0.2) is 12.1 Å². The van der Waals surface area contributed by atoms with Gasteiger partial charge in [-0.05, 0) is 31.9 Å². The van der Waals surface area contributed by atoms with Gasteiger partial charge in [-0.15, -0.1) is 11.3 Å². The van der Waals surface area contributed by atoms with Crippen LogP contribution >= 0.6 is 11.3 Å². The first-order valence-electron chi connectivity index (χ1n) is 5.46. The normalized spacial score (nSPS) is 20.9. The molecular formula is C12H14F2OS. The average molecular weight is 244 g/mol. The zero-order valence-electron chi connectivity index (χ0n) is 9.13. The monoisotopic (exact) mass is 244 g/mol. The molecule has 1 fully saturated rings. The second-order valence-corrected chi connectivity index (χ2v) is 5.69. The first kappa shape index (κ1) is 11.7. The summed E-state index contributed by atoms with van der Waals surface area (Å²) >= 11 is 1.45. The molecule has 1 aromatic rings. The highest BCUT2D eigenvalue weighted by molar-refractivity contribution is 7.14. The maximum atomic E-state index is 12.9. The first-order chi connectivity index (χ1) is 7.48. The molecule has 1 aliphatic rings. The van der Waals surface area contributed by atoms with Crippen molar-refractivity contribution in [3.05, 3.63) is 21.9 Å². The number of rotatable bonds is 2. The molecule has 2 rings (SSSR count). The van der Waals surface area contributed by atoms with E-state index in [0.717, 1.165) is 4.88 Å². The highest BCUT2D eigenvalue weighted by atomic mass is 32.1. The van der Waals surface area contributed by atoms with E-state index in [0.29, 0.717) is 17.7 Å². The minimum Gasteiger partial charge on any atom is -0.293 e. The van der Waals surface area contributed by atoms with Gasteiger partial charge in [-0.1, -0.05) is 0 Å². The van der Waals surface area contributed by atoms with Gasteiger partial charge < -0.3 is 0 Å². The summed E-state index contributed by atoms with van der Waals surface area (Å²) in [6, 6.07) is 3.70. The summed E-state index contributed by atoms with van der Waals surface area (Å²) in [6.45, 7) is 1.94. The van der Waals surface area contributed by atoms with Crippen LogP contribution in [-0.2, 0) is 0 Å². The topological polar surface area (TPSA) is 17.1 Å². The van der Waals surface area contributed by atoms with Crippen molar-refractivity contribution in [2.45, 2.75) is 38.5 Å². The zero-order chi connectivity index (χ0) is 11.8. The molecule has 0 aliphatic heterocycles. The number of thiophene rings is 1. The molecule has 0 radical (unpaired) electrons. The summed E-state index contributed by atoms with van der Waals surface area (Å²) in [7, 11) is 0. The largest absolute Gasteiger partial charge is 0.293 e. The molecule has 0 spiro atoms. The first-order valence-corrected chi connectivity index (χ1v) is 6.28.